The lowest BCUT2D eigenvalue weighted by Crippen LogP contribution is -2.38. The molecule has 6 nitrogen and oxygen atoms in total. The van der Waals surface area contributed by atoms with E-state index in [-0.39, 0.29) is 17.4 Å². The lowest BCUT2D eigenvalue weighted by molar-refractivity contribution is 0.0982. The summed E-state index contributed by atoms with van der Waals surface area (Å²) in [7, 11) is 0. The molecule has 8 heteroatoms. The zero-order valence-corrected chi connectivity index (χ0v) is 20.2. The summed E-state index contributed by atoms with van der Waals surface area (Å²) >= 11 is 1.72. The van der Waals surface area contributed by atoms with Crippen molar-refractivity contribution in [1.82, 2.24) is 10.3 Å². The first-order valence-electron chi connectivity index (χ1n) is 12.1. The van der Waals surface area contributed by atoms with Crippen LogP contribution in [0.3, 0.4) is 0 Å². The number of fused-ring (bicyclic) bond motifs is 3. The Morgan fingerprint density at radius 2 is 1.94 bits per heavy atom. The molecule has 2 aliphatic heterocycles. The molecule has 1 amide bonds. The highest BCUT2D eigenvalue weighted by Crippen LogP contribution is 2.43. The van der Waals surface area contributed by atoms with Crippen molar-refractivity contribution in [1.29, 1.82) is 0 Å². The van der Waals surface area contributed by atoms with Crippen LogP contribution in [0, 0.1) is 5.82 Å². The number of carbonyl (C=O) groups is 1. The minimum absolute atomic E-state index is 0.215. The SMILES string of the molecule is C=C(NC1CC1)c1cc2c(s1)-c1ccccc1N(C(=O)c1ccc(F)c(N3CCOCC3)n1)CC2. The zero-order valence-electron chi connectivity index (χ0n) is 19.4. The van der Waals surface area contributed by atoms with Gasteiger partial charge in [-0.3, -0.25) is 4.79 Å². The van der Waals surface area contributed by atoms with E-state index >= 15 is 0 Å². The smallest absolute Gasteiger partial charge is 0.276 e. The van der Waals surface area contributed by atoms with Crippen LogP contribution in [0.2, 0.25) is 0 Å². The van der Waals surface area contributed by atoms with Crippen molar-refractivity contribution in [2.24, 2.45) is 0 Å². The van der Waals surface area contributed by atoms with E-state index in [0.717, 1.165) is 28.2 Å². The number of anilines is 2. The summed E-state index contributed by atoms with van der Waals surface area (Å²) < 4.78 is 20.0. The van der Waals surface area contributed by atoms with Crippen LogP contribution in [-0.4, -0.2) is 49.8 Å². The highest BCUT2D eigenvalue weighted by Gasteiger charge is 2.29. The van der Waals surface area contributed by atoms with Gasteiger partial charge in [-0.2, -0.15) is 0 Å². The van der Waals surface area contributed by atoms with Crippen molar-refractivity contribution in [2.75, 3.05) is 42.6 Å². The molecule has 2 aromatic heterocycles. The van der Waals surface area contributed by atoms with Gasteiger partial charge >= 0.3 is 0 Å². The number of hydrogen-bond donors (Lipinski definition) is 1. The maximum atomic E-state index is 14.6. The van der Waals surface area contributed by atoms with E-state index in [1.54, 1.807) is 16.2 Å². The molecule has 180 valence electrons. The molecule has 0 spiro atoms. The topological polar surface area (TPSA) is 57.7 Å². The van der Waals surface area contributed by atoms with Gasteiger partial charge in [-0.25, -0.2) is 9.37 Å². The van der Waals surface area contributed by atoms with E-state index in [0.29, 0.717) is 38.9 Å². The molecule has 3 aromatic rings. The molecular formula is C27H27FN4O2S. The number of carbonyl (C=O) groups excluding carboxylic acids is 1. The van der Waals surface area contributed by atoms with Crippen LogP contribution in [0.1, 0.15) is 33.8 Å². The Labute approximate surface area is 208 Å². The van der Waals surface area contributed by atoms with Crippen LogP contribution in [0.5, 0.6) is 0 Å². The predicted octanol–water partition coefficient (Wildman–Crippen LogP) is 4.71. The Kier molecular flexibility index (Phi) is 5.78. The fourth-order valence-electron chi connectivity index (χ4n) is 4.69. The van der Waals surface area contributed by atoms with Crippen LogP contribution in [0.25, 0.3) is 16.1 Å². The van der Waals surface area contributed by atoms with E-state index < -0.39 is 5.82 Å². The third-order valence-electron chi connectivity index (χ3n) is 6.71. The van der Waals surface area contributed by atoms with Gasteiger partial charge in [0.1, 0.15) is 5.69 Å². The van der Waals surface area contributed by atoms with Crippen molar-refractivity contribution in [3.05, 3.63) is 71.0 Å². The van der Waals surface area contributed by atoms with Crippen LogP contribution < -0.4 is 15.1 Å². The quantitative estimate of drug-likeness (QED) is 0.561. The molecule has 0 unspecified atom stereocenters. The highest BCUT2D eigenvalue weighted by atomic mass is 32.1. The Hall–Kier alpha value is -3.23. The minimum Gasteiger partial charge on any atom is -0.382 e. The van der Waals surface area contributed by atoms with Crippen LogP contribution in [-0.2, 0) is 11.2 Å². The zero-order chi connectivity index (χ0) is 23.9. The number of nitrogens with one attached hydrogen (secondary N) is 1. The molecule has 4 heterocycles. The fraction of sp³-hybridized carbons (Fsp3) is 0.333. The molecule has 2 fully saturated rings. The van der Waals surface area contributed by atoms with Crippen molar-refractivity contribution in [2.45, 2.75) is 25.3 Å². The molecule has 1 N–H and O–H groups in total. The Morgan fingerprint density at radius 1 is 1.14 bits per heavy atom. The van der Waals surface area contributed by atoms with Gasteiger partial charge in [0.15, 0.2) is 11.6 Å². The highest BCUT2D eigenvalue weighted by molar-refractivity contribution is 7.16. The molecule has 1 aromatic carbocycles. The number of benzene rings is 1. The molecule has 3 aliphatic rings. The molecule has 35 heavy (non-hydrogen) atoms. The van der Waals surface area contributed by atoms with Crippen LogP contribution in [0.15, 0.2) is 49.0 Å². The summed E-state index contributed by atoms with van der Waals surface area (Å²) in [5.41, 5.74) is 4.31. The number of morpholine rings is 1. The first-order chi connectivity index (χ1) is 17.1. The van der Waals surface area contributed by atoms with E-state index in [9.17, 15) is 9.18 Å². The second-order valence-electron chi connectivity index (χ2n) is 9.19. The Balaban J connectivity index is 1.32. The number of rotatable bonds is 5. The third-order valence-corrected chi connectivity index (χ3v) is 7.98. The number of amides is 1. The third kappa shape index (κ3) is 4.32. The summed E-state index contributed by atoms with van der Waals surface area (Å²) in [4.78, 5) is 24.1. The summed E-state index contributed by atoms with van der Waals surface area (Å²) in [6, 6.07) is 13.6. The van der Waals surface area contributed by atoms with Gasteiger partial charge in [-0.05, 0) is 49.1 Å². The van der Waals surface area contributed by atoms with Crippen LogP contribution in [0.4, 0.5) is 15.9 Å². The molecule has 0 atom stereocenters. The van der Waals surface area contributed by atoms with Gasteiger partial charge < -0.3 is 19.9 Å². The van der Waals surface area contributed by atoms with Crippen molar-refractivity contribution < 1.29 is 13.9 Å². The first kappa shape index (κ1) is 22.2. The van der Waals surface area contributed by atoms with Gasteiger partial charge in [-0.1, -0.05) is 24.8 Å². The Bertz CT molecular complexity index is 1300. The second-order valence-corrected chi connectivity index (χ2v) is 10.2. The van der Waals surface area contributed by atoms with E-state index in [1.807, 2.05) is 23.1 Å². The van der Waals surface area contributed by atoms with Crippen molar-refractivity contribution >= 4 is 34.4 Å². The summed E-state index contributed by atoms with van der Waals surface area (Å²) in [5, 5.41) is 3.50. The lowest BCUT2D eigenvalue weighted by atomic mass is 10.1. The summed E-state index contributed by atoms with van der Waals surface area (Å²) in [5.74, 6) is -0.427. The number of aromatic nitrogens is 1. The number of hydrogen-bond acceptors (Lipinski definition) is 6. The average Bonchev–Trinajstić information content (AvgIpc) is 3.63. The van der Waals surface area contributed by atoms with Gasteiger partial charge in [0.05, 0.1) is 23.8 Å². The standard InChI is InChI=1S/C27H27FN4O2S/c1-17(29-19-6-7-19)24-16-18-10-11-32(23-5-3-2-4-20(23)25(18)35-24)27(33)22-9-8-21(28)26(30-22)31-12-14-34-15-13-31/h2-5,8-9,16,19,29H,1,6-7,10-15H2. The lowest BCUT2D eigenvalue weighted by Gasteiger charge is -2.28. The minimum atomic E-state index is -0.422. The number of nitrogens with zero attached hydrogens (tertiary/aromatic N) is 3. The molecule has 1 saturated heterocycles. The Morgan fingerprint density at radius 3 is 2.74 bits per heavy atom. The fourth-order valence-corrected chi connectivity index (χ4v) is 5.86. The molecule has 6 rings (SSSR count). The second kappa shape index (κ2) is 9.09. The number of ether oxygens (including phenoxy) is 1. The molecule has 0 radical (unpaired) electrons. The number of para-hydroxylation sites is 1. The molecule has 1 saturated carbocycles. The van der Waals surface area contributed by atoms with Gasteiger partial charge in [0.25, 0.3) is 5.91 Å². The summed E-state index contributed by atoms with van der Waals surface area (Å²) in [6.45, 7) is 6.92. The van der Waals surface area contributed by atoms with Crippen molar-refractivity contribution in [3.8, 4) is 10.4 Å². The maximum Gasteiger partial charge on any atom is 0.276 e. The van der Waals surface area contributed by atoms with E-state index in [1.165, 1.54) is 35.4 Å². The number of thiophene rings is 1. The molecular weight excluding hydrogens is 463 g/mol. The average molecular weight is 491 g/mol. The van der Waals surface area contributed by atoms with Gasteiger partial charge in [0, 0.05) is 41.8 Å². The van der Waals surface area contributed by atoms with Gasteiger partial charge in [-0.15, -0.1) is 11.3 Å². The summed E-state index contributed by atoms with van der Waals surface area (Å²) in [6.07, 6.45) is 3.13. The number of pyridine rings is 1. The number of halogens is 1. The van der Waals surface area contributed by atoms with E-state index in [4.69, 9.17) is 4.74 Å². The normalized spacial score (nSPS) is 17.4. The monoisotopic (exact) mass is 490 g/mol. The predicted molar refractivity (Wildman–Crippen MR) is 138 cm³/mol. The van der Waals surface area contributed by atoms with E-state index in [2.05, 4.69) is 29.0 Å². The van der Waals surface area contributed by atoms with Gasteiger partial charge in [0.2, 0.25) is 0 Å². The molecule has 1 aliphatic carbocycles. The largest absolute Gasteiger partial charge is 0.382 e. The van der Waals surface area contributed by atoms with Crippen molar-refractivity contribution in [3.63, 3.8) is 0 Å². The maximum absolute atomic E-state index is 14.6. The first-order valence-corrected chi connectivity index (χ1v) is 12.9. The molecule has 0 bridgehead atoms. The van der Waals surface area contributed by atoms with Crippen LogP contribution >= 0.6 is 11.3 Å².